The van der Waals surface area contributed by atoms with E-state index in [1.54, 1.807) is 42.4 Å². The van der Waals surface area contributed by atoms with Crippen LogP contribution in [0.4, 0.5) is 11.5 Å². The summed E-state index contributed by atoms with van der Waals surface area (Å²) < 4.78 is 8.37. The summed E-state index contributed by atoms with van der Waals surface area (Å²) in [5.41, 5.74) is 1.12. The molecular formula is C21H17Cl2N5O2S. The third-order valence-electron chi connectivity index (χ3n) is 4.34. The van der Waals surface area contributed by atoms with Gasteiger partial charge in [-0.25, -0.2) is 0 Å². The molecule has 0 fully saturated rings. The van der Waals surface area contributed by atoms with E-state index in [4.69, 9.17) is 27.9 Å². The molecule has 0 bridgehead atoms. The van der Waals surface area contributed by atoms with E-state index >= 15 is 0 Å². The van der Waals surface area contributed by atoms with E-state index in [0.29, 0.717) is 26.6 Å². The molecule has 4 rings (SSSR count). The van der Waals surface area contributed by atoms with Gasteiger partial charge in [-0.1, -0.05) is 53.2 Å². The standard InChI is InChI=1S/C21H17Cl2N5O2S/c1-30-15-7-4-6-14(12-15)13-31-21-26-25-19(20(29)28(21)27-10-2-3-11-27)24-17-9-5-8-16(22)18(17)23/h2-12H,13H2,1H3,(H,24,25). The zero-order valence-electron chi connectivity index (χ0n) is 16.3. The van der Waals surface area contributed by atoms with Gasteiger partial charge in [-0.15, -0.1) is 10.2 Å². The van der Waals surface area contributed by atoms with E-state index in [0.717, 1.165) is 11.3 Å². The lowest BCUT2D eigenvalue weighted by Gasteiger charge is -2.14. The molecule has 0 amide bonds. The summed E-state index contributed by atoms with van der Waals surface area (Å²) in [5.74, 6) is 1.38. The van der Waals surface area contributed by atoms with Crippen molar-refractivity contribution in [2.45, 2.75) is 10.9 Å². The molecule has 0 unspecified atom stereocenters. The van der Waals surface area contributed by atoms with Gasteiger partial charge in [0, 0.05) is 18.1 Å². The normalized spacial score (nSPS) is 10.8. The van der Waals surface area contributed by atoms with Gasteiger partial charge in [-0.05, 0) is 42.0 Å². The molecule has 0 aliphatic carbocycles. The summed E-state index contributed by atoms with van der Waals surface area (Å²) in [6.45, 7) is 0. The van der Waals surface area contributed by atoms with Crippen LogP contribution >= 0.6 is 35.0 Å². The van der Waals surface area contributed by atoms with Gasteiger partial charge in [0.1, 0.15) is 5.75 Å². The first-order valence-corrected chi connectivity index (χ1v) is 10.9. The number of nitrogens with zero attached hydrogens (tertiary/aromatic N) is 4. The number of hydrogen-bond donors (Lipinski definition) is 1. The van der Waals surface area contributed by atoms with Crippen molar-refractivity contribution >= 4 is 46.5 Å². The zero-order chi connectivity index (χ0) is 21.8. The second-order valence-electron chi connectivity index (χ2n) is 6.38. The number of methoxy groups -OCH3 is 1. The number of thioether (sulfide) groups is 1. The van der Waals surface area contributed by atoms with Crippen LogP contribution < -0.4 is 15.6 Å². The monoisotopic (exact) mass is 473 g/mol. The molecule has 4 aromatic rings. The molecule has 31 heavy (non-hydrogen) atoms. The van der Waals surface area contributed by atoms with Gasteiger partial charge in [0.25, 0.3) is 0 Å². The second-order valence-corrected chi connectivity index (χ2v) is 8.11. The van der Waals surface area contributed by atoms with Crippen LogP contribution in [0.3, 0.4) is 0 Å². The van der Waals surface area contributed by atoms with E-state index in [2.05, 4.69) is 15.5 Å². The number of ether oxygens (including phenoxy) is 1. The smallest absolute Gasteiger partial charge is 0.316 e. The molecule has 2 heterocycles. The van der Waals surface area contributed by atoms with Gasteiger partial charge >= 0.3 is 5.56 Å². The molecule has 1 N–H and O–H groups in total. The average Bonchev–Trinajstić information content (AvgIpc) is 3.31. The highest BCUT2D eigenvalue weighted by Crippen LogP contribution is 2.31. The number of nitrogens with one attached hydrogen (secondary N) is 1. The molecule has 2 aromatic heterocycles. The molecule has 0 saturated heterocycles. The minimum Gasteiger partial charge on any atom is -0.497 e. The number of aromatic nitrogens is 4. The van der Waals surface area contributed by atoms with Gasteiger partial charge in [0.2, 0.25) is 11.0 Å². The predicted molar refractivity (Wildman–Crippen MR) is 124 cm³/mol. The van der Waals surface area contributed by atoms with Crippen LogP contribution in [-0.4, -0.2) is 26.7 Å². The quantitative estimate of drug-likeness (QED) is 0.376. The van der Waals surface area contributed by atoms with E-state index in [9.17, 15) is 4.79 Å². The highest BCUT2D eigenvalue weighted by atomic mass is 35.5. The van der Waals surface area contributed by atoms with Gasteiger partial charge in [0.05, 0.1) is 22.8 Å². The Kier molecular flexibility index (Phi) is 6.50. The van der Waals surface area contributed by atoms with Gasteiger partial charge in [0.15, 0.2) is 0 Å². The van der Waals surface area contributed by atoms with Crippen LogP contribution in [0.25, 0.3) is 0 Å². The maximum atomic E-state index is 13.3. The number of halogens is 2. The van der Waals surface area contributed by atoms with Crippen LogP contribution in [0.1, 0.15) is 5.56 Å². The first-order chi connectivity index (χ1) is 15.1. The highest BCUT2D eigenvalue weighted by Gasteiger charge is 2.16. The van der Waals surface area contributed by atoms with Crippen molar-refractivity contribution in [2.24, 2.45) is 0 Å². The molecular weight excluding hydrogens is 457 g/mol. The number of benzene rings is 2. The topological polar surface area (TPSA) is 74.0 Å². The van der Waals surface area contributed by atoms with Crippen molar-refractivity contribution in [3.8, 4) is 5.75 Å². The summed E-state index contributed by atoms with van der Waals surface area (Å²) in [4.78, 5) is 13.3. The first kappa shape index (κ1) is 21.3. The van der Waals surface area contributed by atoms with Crippen molar-refractivity contribution < 1.29 is 4.74 Å². The predicted octanol–water partition coefficient (Wildman–Crippen LogP) is 5.10. The average molecular weight is 474 g/mol. The Bertz CT molecular complexity index is 1260. The Morgan fingerprint density at radius 3 is 2.61 bits per heavy atom. The molecule has 2 aromatic carbocycles. The van der Waals surface area contributed by atoms with Gasteiger partial charge in [-0.2, -0.15) is 4.68 Å². The van der Waals surface area contributed by atoms with E-state index in [-0.39, 0.29) is 11.4 Å². The molecule has 0 spiro atoms. The number of hydrogen-bond acceptors (Lipinski definition) is 6. The molecule has 0 aliphatic heterocycles. The van der Waals surface area contributed by atoms with Crippen LogP contribution in [-0.2, 0) is 5.75 Å². The maximum Gasteiger partial charge on any atom is 0.316 e. The largest absolute Gasteiger partial charge is 0.497 e. The van der Waals surface area contributed by atoms with Crippen molar-refractivity contribution in [1.29, 1.82) is 0 Å². The zero-order valence-corrected chi connectivity index (χ0v) is 18.7. The lowest BCUT2D eigenvalue weighted by molar-refractivity contribution is 0.414. The summed E-state index contributed by atoms with van der Waals surface area (Å²) in [6, 6.07) is 16.5. The van der Waals surface area contributed by atoms with Crippen LogP contribution in [0, 0.1) is 0 Å². The summed E-state index contributed by atoms with van der Waals surface area (Å²) in [6.07, 6.45) is 3.52. The summed E-state index contributed by atoms with van der Waals surface area (Å²) in [5, 5.41) is 12.4. The van der Waals surface area contributed by atoms with Crippen molar-refractivity contribution in [1.82, 2.24) is 19.5 Å². The highest BCUT2D eigenvalue weighted by molar-refractivity contribution is 7.98. The fourth-order valence-corrected chi connectivity index (χ4v) is 4.06. The summed E-state index contributed by atoms with van der Waals surface area (Å²) in [7, 11) is 1.62. The van der Waals surface area contributed by atoms with Crippen molar-refractivity contribution in [3.63, 3.8) is 0 Å². The number of anilines is 2. The van der Waals surface area contributed by atoms with Crippen LogP contribution in [0.2, 0.25) is 10.0 Å². The Balaban J connectivity index is 1.68. The lowest BCUT2D eigenvalue weighted by Crippen LogP contribution is -2.30. The Morgan fingerprint density at radius 1 is 1.06 bits per heavy atom. The maximum absolute atomic E-state index is 13.3. The van der Waals surface area contributed by atoms with E-state index in [1.807, 2.05) is 36.4 Å². The fraction of sp³-hybridized carbons (Fsp3) is 0.0952. The Hall–Kier alpha value is -2.94. The molecule has 7 nitrogen and oxygen atoms in total. The minimum atomic E-state index is -0.379. The fourth-order valence-electron chi connectivity index (χ4n) is 2.83. The SMILES string of the molecule is COc1cccc(CSc2nnc(Nc3cccc(Cl)c3Cl)c(=O)n2-n2cccc2)c1. The molecule has 0 aliphatic rings. The van der Waals surface area contributed by atoms with Crippen LogP contribution in [0.15, 0.2) is 76.9 Å². The Labute approximate surface area is 192 Å². The molecule has 0 radical (unpaired) electrons. The molecule has 10 heteroatoms. The third-order valence-corrected chi connectivity index (χ3v) is 6.15. The third kappa shape index (κ3) is 4.71. The van der Waals surface area contributed by atoms with Gasteiger partial charge < -0.3 is 10.1 Å². The van der Waals surface area contributed by atoms with E-state index in [1.165, 1.54) is 16.4 Å². The van der Waals surface area contributed by atoms with Crippen molar-refractivity contribution in [2.75, 3.05) is 12.4 Å². The van der Waals surface area contributed by atoms with Gasteiger partial charge in [-0.3, -0.25) is 9.47 Å². The van der Waals surface area contributed by atoms with E-state index < -0.39 is 0 Å². The molecule has 0 saturated carbocycles. The Morgan fingerprint density at radius 2 is 1.84 bits per heavy atom. The minimum absolute atomic E-state index is 0.0311. The molecule has 158 valence electrons. The first-order valence-electron chi connectivity index (χ1n) is 9.17. The van der Waals surface area contributed by atoms with Crippen molar-refractivity contribution in [3.05, 3.63) is 93.0 Å². The number of rotatable bonds is 7. The van der Waals surface area contributed by atoms with Crippen LogP contribution in [0.5, 0.6) is 5.75 Å². The lowest BCUT2D eigenvalue weighted by atomic mass is 10.2. The second kappa shape index (κ2) is 9.47. The summed E-state index contributed by atoms with van der Waals surface area (Å²) >= 11 is 13.7. The molecule has 0 atom stereocenters.